The second-order valence-corrected chi connectivity index (χ2v) is 4.91. The highest BCUT2D eigenvalue weighted by Gasteiger charge is 2.10. The third kappa shape index (κ3) is 1.79. The van der Waals surface area contributed by atoms with Gasteiger partial charge in [-0.05, 0) is 31.5 Å². The zero-order valence-electron chi connectivity index (χ0n) is 10.3. The predicted octanol–water partition coefficient (Wildman–Crippen LogP) is 4.27. The summed E-state index contributed by atoms with van der Waals surface area (Å²) in [4.78, 5) is 4.46. The van der Waals surface area contributed by atoms with E-state index in [0.29, 0.717) is 5.15 Å². The van der Waals surface area contributed by atoms with Crippen molar-refractivity contribution in [3.8, 4) is 11.4 Å². The fourth-order valence-corrected chi connectivity index (χ4v) is 2.29. The monoisotopic (exact) mass is 256 g/mol. The standard InChI is InChI=1S/C15H13ClN2/c1-10-3-5-12(6-4-10)15-17-14(16)13-9-11(2)7-8-18(13)15/h3-9H,1-2H3. The van der Waals surface area contributed by atoms with Gasteiger partial charge in [-0.3, -0.25) is 4.40 Å². The summed E-state index contributed by atoms with van der Waals surface area (Å²) in [6.45, 7) is 4.12. The summed E-state index contributed by atoms with van der Waals surface area (Å²) in [5, 5.41) is 0.550. The maximum absolute atomic E-state index is 6.20. The molecule has 2 nitrogen and oxygen atoms in total. The first-order valence-corrected chi connectivity index (χ1v) is 6.24. The lowest BCUT2D eigenvalue weighted by Crippen LogP contribution is -1.89. The number of hydrogen-bond donors (Lipinski definition) is 0. The van der Waals surface area contributed by atoms with E-state index in [4.69, 9.17) is 11.6 Å². The normalized spacial score (nSPS) is 11.1. The van der Waals surface area contributed by atoms with Crippen molar-refractivity contribution in [2.24, 2.45) is 0 Å². The van der Waals surface area contributed by atoms with Crippen molar-refractivity contribution in [3.63, 3.8) is 0 Å². The first-order chi connectivity index (χ1) is 8.65. The number of rotatable bonds is 1. The molecule has 0 aliphatic rings. The van der Waals surface area contributed by atoms with E-state index in [1.165, 1.54) is 11.1 Å². The Bertz CT molecular complexity index is 711. The van der Waals surface area contributed by atoms with Gasteiger partial charge >= 0.3 is 0 Å². The Morgan fingerprint density at radius 3 is 2.44 bits per heavy atom. The van der Waals surface area contributed by atoms with E-state index in [9.17, 15) is 0 Å². The van der Waals surface area contributed by atoms with E-state index >= 15 is 0 Å². The molecule has 0 fully saturated rings. The van der Waals surface area contributed by atoms with Crippen molar-refractivity contribution in [1.82, 2.24) is 9.38 Å². The van der Waals surface area contributed by atoms with Crippen LogP contribution in [-0.4, -0.2) is 9.38 Å². The molecule has 0 aliphatic carbocycles. The van der Waals surface area contributed by atoms with E-state index in [-0.39, 0.29) is 0 Å². The Balaban J connectivity index is 2.26. The Hall–Kier alpha value is -1.80. The lowest BCUT2D eigenvalue weighted by Gasteiger charge is -2.02. The van der Waals surface area contributed by atoms with Crippen molar-refractivity contribution in [2.75, 3.05) is 0 Å². The molecule has 0 spiro atoms. The number of benzene rings is 1. The van der Waals surface area contributed by atoms with Gasteiger partial charge in [0.2, 0.25) is 0 Å². The van der Waals surface area contributed by atoms with Gasteiger partial charge < -0.3 is 0 Å². The summed E-state index contributed by atoms with van der Waals surface area (Å²) in [5.41, 5.74) is 4.44. The van der Waals surface area contributed by atoms with Gasteiger partial charge in [0.25, 0.3) is 0 Å². The molecule has 18 heavy (non-hydrogen) atoms. The third-order valence-electron chi connectivity index (χ3n) is 3.06. The van der Waals surface area contributed by atoms with Gasteiger partial charge in [-0.1, -0.05) is 41.4 Å². The summed E-state index contributed by atoms with van der Waals surface area (Å²) < 4.78 is 2.03. The number of imidazole rings is 1. The molecule has 0 unspecified atom stereocenters. The predicted molar refractivity (Wildman–Crippen MR) is 75.1 cm³/mol. The van der Waals surface area contributed by atoms with Crippen LogP contribution < -0.4 is 0 Å². The first-order valence-electron chi connectivity index (χ1n) is 5.86. The highest BCUT2D eigenvalue weighted by Crippen LogP contribution is 2.26. The average molecular weight is 257 g/mol. The molecule has 1 aromatic carbocycles. The van der Waals surface area contributed by atoms with Gasteiger partial charge in [0.15, 0.2) is 5.15 Å². The molecule has 0 aliphatic heterocycles. The van der Waals surface area contributed by atoms with Crippen LogP contribution in [0.1, 0.15) is 11.1 Å². The van der Waals surface area contributed by atoms with Crippen molar-refractivity contribution < 1.29 is 0 Å². The fraction of sp³-hybridized carbons (Fsp3) is 0.133. The second kappa shape index (κ2) is 4.14. The maximum Gasteiger partial charge on any atom is 0.155 e. The second-order valence-electron chi connectivity index (χ2n) is 4.55. The Morgan fingerprint density at radius 2 is 1.72 bits per heavy atom. The van der Waals surface area contributed by atoms with E-state index in [1.807, 2.05) is 16.7 Å². The van der Waals surface area contributed by atoms with Gasteiger partial charge in [-0.15, -0.1) is 0 Å². The van der Waals surface area contributed by atoms with Gasteiger partial charge in [-0.25, -0.2) is 4.98 Å². The van der Waals surface area contributed by atoms with E-state index in [1.54, 1.807) is 0 Å². The molecule has 3 heteroatoms. The van der Waals surface area contributed by atoms with Crippen molar-refractivity contribution in [2.45, 2.75) is 13.8 Å². The van der Waals surface area contributed by atoms with Gasteiger partial charge in [0, 0.05) is 11.8 Å². The lowest BCUT2D eigenvalue weighted by atomic mass is 10.1. The number of fused-ring (bicyclic) bond motifs is 1. The summed E-state index contributed by atoms with van der Waals surface area (Å²) >= 11 is 6.20. The summed E-state index contributed by atoms with van der Waals surface area (Å²) in [5.74, 6) is 0.884. The van der Waals surface area contributed by atoms with Crippen molar-refractivity contribution >= 4 is 17.1 Å². The number of halogens is 1. The third-order valence-corrected chi connectivity index (χ3v) is 3.34. The van der Waals surface area contributed by atoms with Crippen LogP contribution in [0.5, 0.6) is 0 Å². The molecule has 0 radical (unpaired) electrons. The lowest BCUT2D eigenvalue weighted by molar-refractivity contribution is 1.15. The molecule has 0 atom stereocenters. The maximum atomic E-state index is 6.20. The van der Waals surface area contributed by atoms with Crippen LogP contribution in [0.4, 0.5) is 0 Å². The summed E-state index contributed by atoms with van der Waals surface area (Å²) in [7, 11) is 0. The largest absolute Gasteiger partial charge is 0.298 e. The Labute approximate surface area is 111 Å². The molecule has 0 saturated carbocycles. The Kier molecular flexibility index (Phi) is 2.60. The van der Waals surface area contributed by atoms with Crippen LogP contribution in [0.3, 0.4) is 0 Å². The quantitative estimate of drug-likeness (QED) is 0.636. The zero-order valence-corrected chi connectivity index (χ0v) is 11.1. The average Bonchev–Trinajstić information content (AvgIpc) is 2.68. The molecule has 0 bridgehead atoms. The molecular weight excluding hydrogens is 244 g/mol. The van der Waals surface area contributed by atoms with Gasteiger partial charge in [0.1, 0.15) is 5.82 Å². The van der Waals surface area contributed by atoms with E-state index in [0.717, 1.165) is 16.9 Å². The SMILES string of the molecule is Cc1ccc(-c2nc(Cl)c3cc(C)ccn23)cc1. The first kappa shape index (κ1) is 11.3. The van der Waals surface area contributed by atoms with Crippen molar-refractivity contribution in [3.05, 3.63) is 58.9 Å². The molecular formula is C15H13ClN2. The number of nitrogens with zero attached hydrogens (tertiary/aromatic N) is 2. The summed E-state index contributed by atoms with van der Waals surface area (Å²) in [6, 6.07) is 12.4. The van der Waals surface area contributed by atoms with Crippen LogP contribution in [0, 0.1) is 13.8 Å². The van der Waals surface area contributed by atoms with Gasteiger partial charge in [-0.2, -0.15) is 0 Å². The molecule has 3 aromatic rings. The molecule has 3 rings (SSSR count). The minimum absolute atomic E-state index is 0.550. The van der Waals surface area contributed by atoms with Crippen LogP contribution in [0.2, 0.25) is 5.15 Å². The number of pyridine rings is 1. The highest BCUT2D eigenvalue weighted by atomic mass is 35.5. The number of aryl methyl sites for hydroxylation is 2. The van der Waals surface area contributed by atoms with E-state index < -0.39 is 0 Å². The smallest absolute Gasteiger partial charge is 0.155 e. The van der Waals surface area contributed by atoms with Crippen LogP contribution in [0.25, 0.3) is 16.9 Å². The van der Waals surface area contributed by atoms with E-state index in [2.05, 4.69) is 49.2 Å². The van der Waals surface area contributed by atoms with Crippen LogP contribution in [-0.2, 0) is 0 Å². The molecule has 2 aromatic heterocycles. The minimum Gasteiger partial charge on any atom is -0.298 e. The van der Waals surface area contributed by atoms with Crippen LogP contribution in [0.15, 0.2) is 42.6 Å². The van der Waals surface area contributed by atoms with Crippen LogP contribution >= 0.6 is 11.6 Å². The number of aromatic nitrogens is 2. The molecule has 0 amide bonds. The number of hydrogen-bond acceptors (Lipinski definition) is 1. The molecule has 0 N–H and O–H groups in total. The van der Waals surface area contributed by atoms with Gasteiger partial charge in [0.05, 0.1) is 5.52 Å². The molecule has 0 saturated heterocycles. The topological polar surface area (TPSA) is 17.3 Å². The highest BCUT2D eigenvalue weighted by molar-refractivity contribution is 6.32. The van der Waals surface area contributed by atoms with Crippen molar-refractivity contribution in [1.29, 1.82) is 0 Å². The molecule has 90 valence electrons. The minimum atomic E-state index is 0.550. The summed E-state index contributed by atoms with van der Waals surface area (Å²) in [6.07, 6.45) is 2.01. The molecule has 2 heterocycles. The fourth-order valence-electron chi connectivity index (χ4n) is 2.06. The Morgan fingerprint density at radius 1 is 1.00 bits per heavy atom. The zero-order chi connectivity index (χ0) is 12.7.